The molecule has 0 saturated heterocycles. The summed E-state index contributed by atoms with van der Waals surface area (Å²) in [5.41, 5.74) is 1.44. The van der Waals surface area contributed by atoms with Crippen LogP contribution in [0.5, 0.6) is 0 Å². The zero-order valence-electron chi connectivity index (χ0n) is 12.6. The monoisotopic (exact) mass is 310 g/mol. The van der Waals surface area contributed by atoms with Crippen LogP contribution in [0.4, 0.5) is 5.69 Å². The van der Waals surface area contributed by atoms with Crippen molar-refractivity contribution in [2.75, 3.05) is 18.5 Å². The normalized spacial score (nSPS) is 20.7. The molecule has 0 unspecified atom stereocenters. The van der Waals surface area contributed by atoms with Crippen LogP contribution in [0.25, 0.3) is 0 Å². The van der Waals surface area contributed by atoms with Gasteiger partial charge in [-0.2, -0.15) is 0 Å². The summed E-state index contributed by atoms with van der Waals surface area (Å²) in [7, 11) is 0. The first-order valence-corrected chi connectivity index (χ1v) is 7.97. The van der Waals surface area contributed by atoms with E-state index in [-0.39, 0.29) is 18.1 Å². The molecule has 0 aromatic heterocycles. The zero-order valence-corrected chi connectivity index (χ0v) is 13.4. The third-order valence-electron chi connectivity index (χ3n) is 3.62. The number of nitrogens with one attached hydrogen (secondary N) is 2. The van der Waals surface area contributed by atoms with Crippen molar-refractivity contribution in [2.45, 2.75) is 45.3 Å². The summed E-state index contributed by atoms with van der Waals surface area (Å²) in [6, 6.07) is 5.57. The van der Waals surface area contributed by atoms with Crippen molar-refractivity contribution in [2.24, 2.45) is 0 Å². The number of rotatable bonds is 7. The molecule has 1 saturated carbocycles. The van der Waals surface area contributed by atoms with Crippen molar-refractivity contribution in [3.05, 3.63) is 28.8 Å². The van der Waals surface area contributed by atoms with Crippen LogP contribution in [0.1, 0.15) is 43.5 Å². The van der Waals surface area contributed by atoms with Gasteiger partial charge in [0.1, 0.15) is 0 Å². The molecule has 0 aliphatic heterocycles. The number of hydrogen-bond acceptors (Lipinski definition) is 3. The summed E-state index contributed by atoms with van der Waals surface area (Å²) in [5.74, 6) is -0.0731. The highest BCUT2D eigenvalue weighted by Crippen LogP contribution is 2.25. The fourth-order valence-electron chi connectivity index (χ4n) is 2.44. The topological polar surface area (TPSA) is 50.4 Å². The summed E-state index contributed by atoms with van der Waals surface area (Å²) in [5, 5.41) is 6.88. The lowest BCUT2D eigenvalue weighted by atomic mass is 9.89. The predicted molar refractivity (Wildman–Crippen MR) is 86.1 cm³/mol. The van der Waals surface area contributed by atoms with Gasteiger partial charge >= 0.3 is 0 Å². The van der Waals surface area contributed by atoms with Gasteiger partial charge in [0.25, 0.3) is 5.91 Å². The van der Waals surface area contributed by atoms with Gasteiger partial charge in [-0.15, -0.1) is 0 Å². The fraction of sp³-hybridized carbons (Fsp3) is 0.562. The van der Waals surface area contributed by atoms with Crippen LogP contribution in [-0.2, 0) is 4.74 Å². The summed E-state index contributed by atoms with van der Waals surface area (Å²) in [6.07, 6.45) is 3.07. The number of halogens is 1. The summed E-state index contributed by atoms with van der Waals surface area (Å²) in [6.45, 7) is 5.64. The average molecular weight is 311 g/mol. The number of hydrogen-bond donors (Lipinski definition) is 2. The highest BCUT2D eigenvalue weighted by atomic mass is 35.5. The van der Waals surface area contributed by atoms with E-state index in [2.05, 4.69) is 17.6 Å². The largest absolute Gasteiger partial charge is 0.384 e. The van der Waals surface area contributed by atoms with Crippen molar-refractivity contribution in [1.82, 2.24) is 5.32 Å². The van der Waals surface area contributed by atoms with E-state index in [1.54, 1.807) is 12.1 Å². The molecule has 1 aromatic carbocycles. The Bertz CT molecular complexity index is 487. The second-order valence-electron chi connectivity index (χ2n) is 5.34. The van der Waals surface area contributed by atoms with E-state index in [1.807, 2.05) is 13.0 Å². The summed E-state index contributed by atoms with van der Waals surface area (Å²) < 4.78 is 5.51. The maximum absolute atomic E-state index is 12.4. The molecular formula is C16H23ClN2O2. The van der Waals surface area contributed by atoms with E-state index in [0.29, 0.717) is 10.6 Å². The van der Waals surface area contributed by atoms with Crippen LogP contribution in [0, 0.1) is 0 Å². The first-order chi connectivity index (χ1) is 10.1. The molecule has 1 aliphatic rings. The second kappa shape index (κ2) is 7.66. The van der Waals surface area contributed by atoms with Gasteiger partial charge in [0.2, 0.25) is 0 Å². The molecule has 0 bridgehead atoms. The first kappa shape index (κ1) is 16.1. The highest BCUT2D eigenvalue weighted by Gasteiger charge is 2.31. The van der Waals surface area contributed by atoms with Crippen LogP contribution < -0.4 is 10.6 Å². The van der Waals surface area contributed by atoms with Gasteiger partial charge in [-0.25, -0.2) is 0 Å². The minimum absolute atomic E-state index is 0.0731. The van der Waals surface area contributed by atoms with E-state index < -0.39 is 0 Å². The molecule has 2 N–H and O–H groups in total. The molecule has 1 aliphatic carbocycles. The molecular weight excluding hydrogens is 288 g/mol. The molecule has 0 heterocycles. The van der Waals surface area contributed by atoms with Crippen LogP contribution in [0.3, 0.4) is 0 Å². The van der Waals surface area contributed by atoms with Crippen LogP contribution in [-0.4, -0.2) is 31.2 Å². The lowest BCUT2D eigenvalue weighted by molar-refractivity contribution is -0.00861. The molecule has 116 valence electrons. The van der Waals surface area contributed by atoms with Crippen LogP contribution >= 0.6 is 11.6 Å². The van der Waals surface area contributed by atoms with Gasteiger partial charge in [-0.1, -0.05) is 18.5 Å². The molecule has 0 radical (unpaired) electrons. The van der Waals surface area contributed by atoms with E-state index in [1.165, 1.54) is 0 Å². The van der Waals surface area contributed by atoms with Gasteiger partial charge in [0.15, 0.2) is 0 Å². The van der Waals surface area contributed by atoms with E-state index in [4.69, 9.17) is 16.3 Å². The molecule has 21 heavy (non-hydrogen) atoms. The molecule has 5 heteroatoms. The molecule has 1 fully saturated rings. The highest BCUT2D eigenvalue weighted by molar-refractivity contribution is 6.31. The Kier molecular flexibility index (Phi) is 5.88. The molecule has 2 rings (SSSR count). The number of ether oxygens (including phenoxy) is 1. The quantitative estimate of drug-likeness (QED) is 0.811. The van der Waals surface area contributed by atoms with Crippen molar-refractivity contribution in [3.8, 4) is 0 Å². The standard InChI is InChI=1S/C16H23ClN2O2/c1-3-7-18-15-6-5-11(17)8-14(15)16(20)19-12-9-13(10-12)21-4-2/h5-6,8,12-13,18H,3-4,7,9-10H2,1-2H3,(H,19,20). The third-order valence-corrected chi connectivity index (χ3v) is 3.86. The number of carbonyl (C=O) groups excluding carboxylic acids is 1. The van der Waals surface area contributed by atoms with Gasteiger partial charge < -0.3 is 15.4 Å². The smallest absolute Gasteiger partial charge is 0.253 e. The minimum Gasteiger partial charge on any atom is -0.384 e. The molecule has 0 atom stereocenters. The van der Waals surface area contributed by atoms with Gasteiger partial charge in [-0.3, -0.25) is 4.79 Å². The number of benzene rings is 1. The SMILES string of the molecule is CCCNc1ccc(Cl)cc1C(=O)NC1CC(OCC)C1. The Labute approximate surface area is 131 Å². The second-order valence-corrected chi connectivity index (χ2v) is 5.77. The number of carbonyl (C=O) groups is 1. The molecule has 4 nitrogen and oxygen atoms in total. The van der Waals surface area contributed by atoms with Crippen LogP contribution in [0.2, 0.25) is 5.02 Å². The van der Waals surface area contributed by atoms with Crippen molar-refractivity contribution in [1.29, 1.82) is 0 Å². The Morgan fingerprint density at radius 1 is 1.38 bits per heavy atom. The molecule has 1 amide bonds. The fourth-order valence-corrected chi connectivity index (χ4v) is 2.61. The van der Waals surface area contributed by atoms with E-state index in [0.717, 1.165) is 38.1 Å². The Balaban J connectivity index is 1.96. The molecule has 1 aromatic rings. The van der Waals surface area contributed by atoms with Gasteiger partial charge in [0.05, 0.1) is 11.7 Å². The Morgan fingerprint density at radius 3 is 2.81 bits per heavy atom. The lowest BCUT2D eigenvalue weighted by Gasteiger charge is -2.35. The van der Waals surface area contributed by atoms with Gasteiger partial charge in [-0.05, 0) is 44.4 Å². The van der Waals surface area contributed by atoms with Crippen molar-refractivity contribution < 1.29 is 9.53 Å². The first-order valence-electron chi connectivity index (χ1n) is 7.59. The van der Waals surface area contributed by atoms with Crippen molar-refractivity contribution >= 4 is 23.2 Å². The van der Waals surface area contributed by atoms with Crippen LogP contribution in [0.15, 0.2) is 18.2 Å². The van der Waals surface area contributed by atoms with Gasteiger partial charge in [0, 0.05) is 29.9 Å². The van der Waals surface area contributed by atoms with E-state index >= 15 is 0 Å². The molecule has 0 spiro atoms. The van der Waals surface area contributed by atoms with E-state index in [9.17, 15) is 4.79 Å². The zero-order chi connectivity index (χ0) is 15.2. The maximum Gasteiger partial charge on any atom is 0.253 e. The Morgan fingerprint density at radius 2 is 2.14 bits per heavy atom. The minimum atomic E-state index is -0.0731. The van der Waals surface area contributed by atoms with Crippen molar-refractivity contribution in [3.63, 3.8) is 0 Å². The number of amides is 1. The Hall–Kier alpha value is -1.26. The summed E-state index contributed by atoms with van der Waals surface area (Å²) in [4.78, 5) is 12.4. The average Bonchev–Trinajstić information content (AvgIpc) is 2.43. The predicted octanol–water partition coefficient (Wildman–Crippen LogP) is 3.46. The summed E-state index contributed by atoms with van der Waals surface area (Å²) >= 11 is 6.02. The maximum atomic E-state index is 12.4. The third kappa shape index (κ3) is 4.35. The lowest BCUT2D eigenvalue weighted by Crippen LogP contribution is -2.47. The number of anilines is 1.